The summed E-state index contributed by atoms with van der Waals surface area (Å²) in [6, 6.07) is 14.0. The minimum absolute atomic E-state index is 0. The number of guanidine groups is 1. The Morgan fingerprint density at radius 2 is 1.76 bits per heavy atom. The van der Waals surface area contributed by atoms with E-state index in [1.165, 1.54) is 6.07 Å². The van der Waals surface area contributed by atoms with Gasteiger partial charge in [0.1, 0.15) is 11.5 Å². The fourth-order valence-electron chi connectivity index (χ4n) is 3.26. The first kappa shape index (κ1) is 23.0. The minimum atomic E-state index is -2.86. The van der Waals surface area contributed by atoms with Gasteiger partial charge >= 0.3 is 6.61 Å². The van der Waals surface area contributed by atoms with Gasteiger partial charge in [0, 0.05) is 45.3 Å². The zero-order valence-electron chi connectivity index (χ0n) is 16.1. The number of anilines is 1. The first-order valence-corrected chi connectivity index (χ1v) is 9.09. The Kier molecular flexibility index (Phi) is 8.74. The van der Waals surface area contributed by atoms with Gasteiger partial charge in [0.05, 0.1) is 5.69 Å². The molecule has 0 radical (unpaired) electrons. The average molecular weight is 518 g/mol. The van der Waals surface area contributed by atoms with Crippen molar-refractivity contribution in [3.8, 4) is 11.5 Å². The summed E-state index contributed by atoms with van der Waals surface area (Å²) < 4.78 is 29.7. The lowest BCUT2D eigenvalue weighted by atomic mass is 10.2. The average Bonchev–Trinajstić information content (AvgIpc) is 2.70. The number of para-hydroxylation sites is 3. The number of rotatable bonds is 5. The molecule has 29 heavy (non-hydrogen) atoms. The van der Waals surface area contributed by atoms with Crippen molar-refractivity contribution in [2.24, 2.45) is 4.99 Å². The molecule has 0 aromatic heterocycles. The highest BCUT2D eigenvalue weighted by atomic mass is 127. The summed E-state index contributed by atoms with van der Waals surface area (Å²) in [7, 11) is 1.69. The van der Waals surface area contributed by atoms with Crippen molar-refractivity contribution >= 4 is 35.6 Å². The van der Waals surface area contributed by atoms with E-state index in [0.29, 0.717) is 18.1 Å². The highest BCUT2D eigenvalue weighted by molar-refractivity contribution is 14.0. The molecular weight excluding hydrogens is 493 g/mol. The van der Waals surface area contributed by atoms with E-state index in [9.17, 15) is 13.9 Å². The van der Waals surface area contributed by atoms with Crippen molar-refractivity contribution in [3.05, 3.63) is 54.1 Å². The predicted octanol–water partition coefficient (Wildman–Crippen LogP) is 3.51. The number of halogens is 3. The van der Waals surface area contributed by atoms with Crippen LogP contribution in [0.15, 0.2) is 53.5 Å². The lowest BCUT2D eigenvalue weighted by Crippen LogP contribution is -2.52. The van der Waals surface area contributed by atoms with Crippen molar-refractivity contribution in [2.75, 3.05) is 38.1 Å². The van der Waals surface area contributed by atoms with E-state index in [4.69, 9.17) is 0 Å². The molecule has 158 valence electrons. The third-order valence-electron chi connectivity index (χ3n) is 4.64. The Balaban J connectivity index is 0.00000300. The summed E-state index contributed by atoms with van der Waals surface area (Å²) in [5, 5.41) is 13.2. The van der Waals surface area contributed by atoms with Gasteiger partial charge in [0.15, 0.2) is 5.96 Å². The summed E-state index contributed by atoms with van der Waals surface area (Å²) in [5.41, 5.74) is 1.46. The molecule has 0 unspecified atom stereocenters. The Bertz CT molecular complexity index is 815. The lowest BCUT2D eigenvalue weighted by molar-refractivity contribution is -0.0504. The number of ether oxygens (including phenoxy) is 1. The third kappa shape index (κ3) is 6.09. The van der Waals surface area contributed by atoms with E-state index in [1.54, 1.807) is 37.4 Å². The normalized spacial score (nSPS) is 14.6. The zero-order chi connectivity index (χ0) is 19.9. The summed E-state index contributed by atoms with van der Waals surface area (Å²) in [6.07, 6.45) is 0. The first-order chi connectivity index (χ1) is 13.6. The van der Waals surface area contributed by atoms with E-state index in [-0.39, 0.29) is 35.5 Å². The molecule has 1 aliphatic rings. The molecule has 6 nitrogen and oxygen atoms in total. The molecule has 0 atom stereocenters. The smallest absolute Gasteiger partial charge is 0.387 e. The van der Waals surface area contributed by atoms with Gasteiger partial charge < -0.3 is 25.0 Å². The van der Waals surface area contributed by atoms with E-state index in [2.05, 4.69) is 24.8 Å². The van der Waals surface area contributed by atoms with E-state index in [0.717, 1.165) is 31.9 Å². The quantitative estimate of drug-likeness (QED) is 0.361. The molecule has 1 saturated heterocycles. The van der Waals surface area contributed by atoms with E-state index < -0.39 is 6.61 Å². The molecule has 3 rings (SSSR count). The molecule has 1 heterocycles. The second-order valence-corrected chi connectivity index (χ2v) is 6.35. The van der Waals surface area contributed by atoms with Gasteiger partial charge in [-0.3, -0.25) is 4.99 Å². The largest absolute Gasteiger partial charge is 0.506 e. The van der Waals surface area contributed by atoms with Crippen LogP contribution in [0, 0.1) is 0 Å². The standard InChI is InChI=1S/C20H24F2N4O2.HI/c1-23-20(24-14-15-6-2-5-9-18(15)28-19(21)22)26-12-10-25(11-13-26)16-7-3-4-8-17(16)27;/h2-9,19,27H,10-14H2,1H3,(H,23,24);1H. The number of nitrogens with zero attached hydrogens (tertiary/aromatic N) is 3. The van der Waals surface area contributed by atoms with Crippen LogP contribution in [-0.4, -0.2) is 55.8 Å². The number of piperazine rings is 1. The highest BCUT2D eigenvalue weighted by Gasteiger charge is 2.21. The van der Waals surface area contributed by atoms with Gasteiger partial charge in [-0.25, -0.2) is 0 Å². The summed E-state index contributed by atoms with van der Waals surface area (Å²) in [6.45, 7) is 0.400. The van der Waals surface area contributed by atoms with Crippen molar-refractivity contribution in [2.45, 2.75) is 13.2 Å². The number of hydrogen-bond donors (Lipinski definition) is 2. The number of nitrogens with one attached hydrogen (secondary N) is 1. The van der Waals surface area contributed by atoms with Crippen molar-refractivity contribution in [1.29, 1.82) is 0 Å². The second-order valence-electron chi connectivity index (χ2n) is 6.35. The fourth-order valence-corrected chi connectivity index (χ4v) is 3.26. The molecule has 1 aliphatic heterocycles. The third-order valence-corrected chi connectivity index (χ3v) is 4.64. The van der Waals surface area contributed by atoms with Gasteiger partial charge in [-0.1, -0.05) is 30.3 Å². The van der Waals surface area contributed by atoms with Crippen LogP contribution in [0.1, 0.15) is 5.56 Å². The maximum absolute atomic E-state index is 12.6. The molecule has 9 heteroatoms. The maximum atomic E-state index is 12.6. The number of alkyl halides is 2. The molecule has 2 N–H and O–H groups in total. The highest BCUT2D eigenvalue weighted by Crippen LogP contribution is 2.27. The summed E-state index contributed by atoms with van der Waals surface area (Å²) in [5.74, 6) is 1.13. The Labute approximate surface area is 186 Å². The van der Waals surface area contributed by atoms with E-state index in [1.807, 2.05) is 12.1 Å². The van der Waals surface area contributed by atoms with Crippen molar-refractivity contribution in [3.63, 3.8) is 0 Å². The Morgan fingerprint density at radius 1 is 1.10 bits per heavy atom. The SMILES string of the molecule is CN=C(NCc1ccccc1OC(F)F)N1CCN(c2ccccc2O)CC1.I. The van der Waals surface area contributed by atoms with Crippen LogP contribution in [0.5, 0.6) is 11.5 Å². The molecule has 0 spiro atoms. The second kappa shape index (κ2) is 11.0. The van der Waals surface area contributed by atoms with Crippen LogP contribution in [0.2, 0.25) is 0 Å². The van der Waals surface area contributed by atoms with Gasteiger partial charge in [-0.05, 0) is 18.2 Å². The molecule has 2 aromatic rings. The predicted molar refractivity (Wildman–Crippen MR) is 121 cm³/mol. The van der Waals surface area contributed by atoms with Gasteiger partial charge in [-0.2, -0.15) is 8.78 Å². The van der Waals surface area contributed by atoms with Crippen molar-refractivity contribution in [1.82, 2.24) is 10.2 Å². The number of benzene rings is 2. The number of hydrogen-bond acceptors (Lipinski definition) is 4. The molecule has 0 saturated carbocycles. The Morgan fingerprint density at radius 3 is 2.41 bits per heavy atom. The Hall–Kier alpha value is -2.30. The number of phenolic OH excluding ortho intramolecular Hbond substituents is 1. The van der Waals surface area contributed by atoms with Gasteiger partial charge in [-0.15, -0.1) is 24.0 Å². The summed E-state index contributed by atoms with van der Waals surface area (Å²) >= 11 is 0. The van der Waals surface area contributed by atoms with Crippen LogP contribution in [0.3, 0.4) is 0 Å². The van der Waals surface area contributed by atoms with Crippen LogP contribution in [0.4, 0.5) is 14.5 Å². The molecule has 2 aromatic carbocycles. The number of aromatic hydroxyl groups is 1. The van der Waals surface area contributed by atoms with Crippen LogP contribution >= 0.6 is 24.0 Å². The number of phenols is 1. The van der Waals surface area contributed by atoms with Crippen LogP contribution < -0.4 is 15.0 Å². The monoisotopic (exact) mass is 518 g/mol. The molecule has 0 bridgehead atoms. The molecule has 0 aliphatic carbocycles. The number of aliphatic imine (C=N–C) groups is 1. The minimum Gasteiger partial charge on any atom is -0.506 e. The zero-order valence-corrected chi connectivity index (χ0v) is 18.4. The topological polar surface area (TPSA) is 60.3 Å². The lowest BCUT2D eigenvalue weighted by Gasteiger charge is -2.37. The summed E-state index contributed by atoms with van der Waals surface area (Å²) in [4.78, 5) is 8.54. The van der Waals surface area contributed by atoms with Crippen LogP contribution in [-0.2, 0) is 6.54 Å². The first-order valence-electron chi connectivity index (χ1n) is 9.09. The molecular formula is C20H25F2IN4O2. The van der Waals surface area contributed by atoms with Crippen LogP contribution in [0.25, 0.3) is 0 Å². The van der Waals surface area contributed by atoms with Gasteiger partial charge in [0.2, 0.25) is 0 Å². The van der Waals surface area contributed by atoms with E-state index >= 15 is 0 Å². The fraction of sp³-hybridized carbons (Fsp3) is 0.350. The van der Waals surface area contributed by atoms with Gasteiger partial charge in [0.25, 0.3) is 0 Å². The molecule has 1 fully saturated rings. The van der Waals surface area contributed by atoms with Crippen molar-refractivity contribution < 1.29 is 18.6 Å². The molecule has 0 amide bonds. The maximum Gasteiger partial charge on any atom is 0.387 e.